The van der Waals surface area contributed by atoms with Crippen LogP contribution in [0.15, 0.2) is 53.4 Å². The van der Waals surface area contributed by atoms with Gasteiger partial charge in [-0.2, -0.15) is 4.31 Å². The molecule has 9 heteroatoms. The van der Waals surface area contributed by atoms with Gasteiger partial charge in [-0.3, -0.25) is 4.79 Å². The molecule has 0 aliphatic carbocycles. The van der Waals surface area contributed by atoms with Gasteiger partial charge in [-0.25, -0.2) is 13.2 Å². The smallest absolute Gasteiger partial charge is 0.338 e. The zero-order valence-corrected chi connectivity index (χ0v) is 18.9. The van der Waals surface area contributed by atoms with E-state index < -0.39 is 10.0 Å². The van der Waals surface area contributed by atoms with Crippen molar-refractivity contribution in [3.8, 4) is 0 Å². The van der Waals surface area contributed by atoms with Crippen molar-refractivity contribution < 1.29 is 22.7 Å². The number of anilines is 2. The first-order valence-electron chi connectivity index (χ1n) is 10.2. The fraction of sp³-hybridized carbons (Fsp3) is 0.364. The van der Waals surface area contributed by atoms with Crippen LogP contribution in [0.1, 0.15) is 37.6 Å². The summed E-state index contributed by atoms with van der Waals surface area (Å²) < 4.78 is 31.5. The summed E-state index contributed by atoms with van der Waals surface area (Å²) in [4.78, 5) is 24.2. The first-order valence-corrected chi connectivity index (χ1v) is 11.7. The molecule has 1 amide bonds. The third kappa shape index (κ3) is 6.80. The van der Waals surface area contributed by atoms with Crippen molar-refractivity contribution in [3.05, 3.63) is 54.1 Å². The molecule has 0 saturated heterocycles. The first-order chi connectivity index (χ1) is 14.8. The van der Waals surface area contributed by atoms with Crippen molar-refractivity contribution in [2.24, 2.45) is 0 Å². The quantitative estimate of drug-likeness (QED) is 0.512. The Balaban J connectivity index is 1.89. The van der Waals surface area contributed by atoms with Crippen molar-refractivity contribution in [3.63, 3.8) is 0 Å². The van der Waals surface area contributed by atoms with Crippen molar-refractivity contribution in [2.75, 3.05) is 36.9 Å². The van der Waals surface area contributed by atoms with E-state index in [2.05, 4.69) is 10.6 Å². The number of hydrogen-bond acceptors (Lipinski definition) is 6. The fourth-order valence-corrected chi connectivity index (χ4v) is 4.27. The lowest BCUT2D eigenvalue weighted by molar-refractivity contribution is -0.114. The maximum Gasteiger partial charge on any atom is 0.338 e. The van der Waals surface area contributed by atoms with Gasteiger partial charge in [0.25, 0.3) is 0 Å². The summed E-state index contributed by atoms with van der Waals surface area (Å²) in [5, 5.41) is 5.69. The summed E-state index contributed by atoms with van der Waals surface area (Å²) in [5.74, 6) is -0.664. The Labute approximate surface area is 183 Å². The maximum atomic E-state index is 12.5. The van der Waals surface area contributed by atoms with Gasteiger partial charge in [0.05, 0.1) is 23.6 Å². The Hall–Kier alpha value is -2.91. The molecule has 31 heavy (non-hydrogen) atoms. The lowest BCUT2D eigenvalue weighted by Crippen LogP contribution is -2.30. The van der Waals surface area contributed by atoms with Crippen LogP contribution in [-0.4, -0.2) is 50.8 Å². The molecule has 0 spiro atoms. The molecule has 2 N–H and O–H groups in total. The van der Waals surface area contributed by atoms with Crippen LogP contribution in [0.5, 0.6) is 0 Å². The zero-order valence-electron chi connectivity index (χ0n) is 18.1. The van der Waals surface area contributed by atoms with E-state index >= 15 is 0 Å². The third-order valence-corrected chi connectivity index (χ3v) is 6.56. The minimum atomic E-state index is -3.53. The van der Waals surface area contributed by atoms with Crippen molar-refractivity contribution >= 4 is 33.3 Å². The van der Waals surface area contributed by atoms with E-state index in [4.69, 9.17) is 4.74 Å². The van der Waals surface area contributed by atoms with E-state index in [1.807, 2.05) is 6.92 Å². The first kappa shape index (κ1) is 24.4. The number of esters is 1. The molecule has 2 aromatic rings. The summed E-state index contributed by atoms with van der Waals surface area (Å²) in [6.45, 7) is 6.67. The standard InChI is InChI=1S/C22H29N3O5S/c1-4-15-30-22(27)17-7-9-18(10-8-17)23-16-21(26)24-19-11-13-20(14-12-19)31(28,29)25(5-2)6-3/h7-14,23H,4-6,15-16H2,1-3H3,(H,24,26). The maximum absolute atomic E-state index is 12.5. The number of rotatable bonds is 11. The van der Waals surface area contributed by atoms with E-state index in [9.17, 15) is 18.0 Å². The second-order valence-corrected chi connectivity index (χ2v) is 8.67. The molecule has 0 aliphatic heterocycles. The number of benzene rings is 2. The van der Waals surface area contributed by atoms with Crippen molar-refractivity contribution in [1.29, 1.82) is 0 Å². The van der Waals surface area contributed by atoms with Crippen LogP contribution in [-0.2, 0) is 19.6 Å². The molecule has 0 bridgehead atoms. The number of ether oxygens (including phenoxy) is 1. The molecule has 0 atom stereocenters. The highest BCUT2D eigenvalue weighted by Crippen LogP contribution is 2.18. The van der Waals surface area contributed by atoms with E-state index in [0.717, 1.165) is 6.42 Å². The number of amides is 1. The van der Waals surface area contributed by atoms with Gasteiger partial charge in [-0.1, -0.05) is 20.8 Å². The lowest BCUT2D eigenvalue weighted by Gasteiger charge is -2.18. The minimum Gasteiger partial charge on any atom is -0.462 e. The molecule has 0 fully saturated rings. The summed E-state index contributed by atoms with van der Waals surface area (Å²) >= 11 is 0. The Morgan fingerprint density at radius 3 is 2.03 bits per heavy atom. The number of hydrogen-bond donors (Lipinski definition) is 2. The van der Waals surface area contributed by atoms with Crippen LogP contribution in [0.4, 0.5) is 11.4 Å². The Bertz CT molecular complexity index is 969. The van der Waals surface area contributed by atoms with Crippen LogP contribution in [0, 0.1) is 0 Å². The Morgan fingerprint density at radius 1 is 0.903 bits per heavy atom. The molecule has 2 rings (SSSR count). The van der Waals surface area contributed by atoms with Gasteiger partial charge in [0, 0.05) is 24.5 Å². The summed E-state index contributed by atoms with van der Waals surface area (Å²) in [7, 11) is -3.53. The highest BCUT2D eigenvalue weighted by molar-refractivity contribution is 7.89. The topological polar surface area (TPSA) is 105 Å². The average molecular weight is 448 g/mol. The zero-order chi connectivity index (χ0) is 22.9. The van der Waals surface area contributed by atoms with Crippen molar-refractivity contribution in [1.82, 2.24) is 4.31 Å². The largest absolute Gasteiger partial charge is 0.462 e. The fourth-order valence-electron chi connectivity index (χ4n) is 2.81. The van der Waals surface area contributed by atoms with Gasteiger partial charge < -0.3 is 15.4 Å². The van der Waals surface area contributed by atoms with Crippen LogP contribution >= 0.6 is 0 Å². The van der Waals surface area contributed by atoms with Gasteiger partial charge in [0.2, 0.25) is 15.9 Å². The summed E-state index contributed by atoms with van der Waals surface area (Å²) in [5.41, 5.74) is 1.63. The third-order valence-electron chi connectivity index (χ3n) is 4.49. The van der Waals surface area contributed by atoms with Crippen LogP contribution < -0.4 is 10.6 Å². The molecule has 0 unspecified atom stereocenters. The van der Waals surface area contributed by atoms with E-state index in [0.29, 0.717) is 36.6 Å². The SMILES string of the molecule is CCCOC(=O)c1ccc(NCC(=O)Nc2ccc(S(=O)(=O)N(CC)CC)cc2)cc1. The highest BCUT2D eigenvalue weighted by atomic mass is 32.2. The Morgan fingerprint density at radius 2 is 1.48 bits per heavy atom. The number of nitrogens with zero attached hydrogens (tertiary/aromatic N) is 1. The monoisotopic (exact) mass is 447 g/mol. The molecule has 8 nitrogen and oxygen atoms in total. The van der Waals surface area contributed by atoms with Crippen LogP contribution in [0.3, 0.4) is 0 Å². The minimum absolute atomic E-state index is 0.0130. The van der Waals surface area contributed by atoms with E-state index in [1.54, 1.807) is 50.2 Å². The molecular formula is C22H29N3O5S. The molecule has 168 valence electrons. The van der Waals surface area contributed by atoms with E-state index in [1.165, 1.54) is 16.4 Å². The molecule has 0 aliphatic rings. The highest BCUT2D eigenvalue weighted by Gasteiger charge is 2.21. The van der Waals surface area contributed by atoms with Crippen molar-refractivity contribution in [2.45, 2.75) is 32.1 Å². The predicted molar refractivity (Wildman–Crippen MR) is 121 cm³/mol. The second kappa shape index (κ2) is 11.5. The predicted octanol–water partition coefficient (Wildman–Crippen LogP) is 3.33. The number of sulfonamides is 1. The van der Waals surface area contributed by atoms with Gasteiger partial charge >= 0.3 is 5.97 Å². The lowest BCUT2D eigenvalue weighted by atomic mass is 10.2. The number of carbonyl (C=O) groups is 2. The number of carbonyl (C=O) groups excluding carboxylic acids is 2. The molecule has 0 heterocycles. The van der Waals surface area contributed by atoms with E-state index in [-0.39, 0.29) is 23.3 Å². The van der Waals surface area contributed by atoms with Gasteiger partial charge in [-0.15, -0.1) is 0 Å². The van der Waals surface area contributed by atoms with Gasteiger partial charge in [-0.05, 0) is 55.0 Å². The molecule has 0 radical (unpaired) electrons. The number of nitrogens with one attached hydrogen (secondary N) is 2. The summed E-state index contributed by atoms with van der Waals surface area (Å²) in [6.07, 6.45) is 0.759. The molecule has 2 aromatic carbocycles. The normalized spacial score (nSPS) is 11.2. The van der Waals surface area contributed by atoms with Crippen LogP contribution in [0.2, 0.25) is 0 Å². The van der Waals surface area contributed by atoms with Gasteiger partial charge in [0.1, 0.15) is 0 Å². The molecular weight excluding hydrogens is 418 g/mol. The average Bonchev–Trinajstić information content (AvgIpc) is 2.77. The summed E-state index contributed by atoms with van der Waals surface area (Å²) in [6, 6.07) is 12.7. The van der Waals surface area contributed by atoms with Gasteiger partial charge in [0.15, 0.2) is 0 Å². The molecule has 0 saturated carbocycles. The second-order valence-electron chi connectivity index (χ2n) is 6.73. The van der Waals surface area contributed by atoms with Crippen LogP contribution in [0.25, 0.3) is 0 Å². The Kier molecular flexibility index (Phi) is 9.02. The molecule has 0 aromatic heterocycles.